The Hall–Kier alpha value is -2.86. The maximum atomic E-state index is 12.9. The summed E-state index contributed by atoms with van der Waals surface area (Å²) in [5.74, 6) is 2.05. The van der Waals surface area contributed by atoms with E-state index in [0.29, 0.717) is 23.4 Å². The number of amides is 1. The van der Waals surface area contributed by atoms with Gasteiger partial charge in [-0.2, -0.15) is 0 Å². The van der Waals surface area contributed by atoms with E-state index in [1.807, 2.05) is 39.0 Å². The van der Waals surface area contributed by atoms with Crippen molar-refractivity contribution in [3.8, 4) is 0 Å². The summed E-state index contributed by atoms with van der Waals surface area (Å²) >= 11 is 0. The summed E-state index contributed by atoms with van der Waals surface area (Å²) in [6.45, 7) is 10.3. The molecule has 164 valence electrons. The van der Waals surface area contributed by atoms with E-state index in [1.165, 1.54) is 6.07 Å². The molecule has 0 spiro atoms. The largest absolute Gasteiger partial charge is 0.465 e. The van der Waals surface area contributed by atoms with Crippen molar-refractivity contribution in [2.75, 3.05) is 19.6 Å². The Morgan fingerprint density at radius 2 is 1.87 bits per heavy atom. The van der Waals surface area contributed by atoms with Crippen molar-refractivity contribution in [2.45, 2.75) is 46.6 Å². The molecular formula is C25H30N2O4. The molecule has 1 aliphatic rings. The molecule has 1 fully saturated rings. The Kier molecular flexibility index (Phi) is 6.01. The van der Waals surface area contributed by atoms with Crippen molar-refractivity contribution < 1.29 is 13.6 Å². The van der Waals surface area contributed by atoms with Crippen LogP contribution in [0.15, 0.2) is 44.0 Å². The topological polar surface area (TPSA) is 75.7 Å². The van der Waals surface area contributed by atoms with Crippen LogP contribution in [0.3, 0.4) is 0 Å². The molecule has 4 rings (SSSR count). The first-order chi connectivity index (χ1) is 14.8. The molecule has 1 N–H and O–H groups in total. The van der Waals surface area contributed by atoms with Gasteiger partial charge >= 0.3 is 0 Å². The average molecular weight is 423 g/mol. The molecule has 0 aliphatic carbocycles. The summed E-state index contributed by atoms with van der Waals surface area (Å²) in [6.07, 6.45) is 2.25. The van der Waals surface area contributed by atoms with Crippen LogP contribution in [0.1, 0.15) is 59.0 Å². The Bertz CT molecular complexity index is 1150. The standard InChI is InChI=1S/C25H30N2O4/c1-15-7-9-27(10-8-15)19(21-6-5-18(4)30-21)14-26-25(29)23-13-20(28)24-17(3)11-16(2)12-22(24)31-23/h5-6,11-13,15,19H,7-10,14H2,1-4H3,(H,26,29). The average Bonchev–Trinajstić information content (AvgIpc) is 3.14. The number of furan rings is 1. The van der Waals surface area contributed by atoms with Crippen molar-refractivity contribution in [3.05, 3.63) is 69.0 Å². The molecule has 3 aromatic rings. The van der Waals surface area contributed by atoms with E-state index in [0.717, 1.165) is 48.6 Å². The normalized spacial score (nSPS) is 16.5. The molecule has 1 aromatic carbocycles. The summed E-state index contributed by atoms with van der Waals surface area (Å²) in [5, 5.41) is 3.48. The van der Waals surface area contributed by atoms with Gasteiger partial charge in [0.1, 0.15) is 17.1 Å². The smallest absolute Gasteiger partial charge is 0.287 e. The van der Waals surface area contributed by atoms with E-state index in [4.69, 9.17) is 8.83 Å². The zero-order chi connectivity index (χ0) is 22.1. The quantitative estimate of drug-likeness (QED) is 0.655. The molecule has 1 saturated heterocycles. The van der Waals surface area contributed by atoms with Gasteiger partial charge in [0.15, 0.2) is 11.2 Å². The van der Waals surface area contributed by atoms with Gasteiger partial charge in [-0.3, -0.25) is 14.5 Å². The fraction of sp³-hybridized carbons (Fsp3) is 0.440. The van der Waals surface area contributed by atoms with Gasteiger partial charge in [-0.05, 0) is 81.9 Å². The second kappa shape index (κ2) is 8.71. The zero-order valence-electron chi connectivity index (χ0n) is 18.7. The number of nitrogens with zero attached hydrogens (tertiary/aromatic N) is 1. The summed E-state index contributed by atoms with van der Waals surface area (Å²) in [5.41, 5.74) is 2.08. The van der Waals surface area contributed by atoms with Crippen LogP contribution in [0.4, 0.5) is 0 Å². The minimum absolute atomic E-state index is 0.0316. The number of fused-ring (bicyclic) bond motifs is 1. The highest BCUT2D eigenvalue weighted by molar-refractivity contribution is 5.93. The van der Waals surface area contributed by atoms with Gasteiger partial charge in [-0.1, -0.05) is 13.0 Å². The molecule has 0 saturated carbocycles. The molecule has 0 radical (unpaired) electrons. The summed E-state index contributed by atoms with van der Waals surface area (Å²) in [4.78, 5) is 27.9. The van der Waals surface area contributed by atoms with Crippen molar-refractivity contribution in [1.82, 2.24) is 10.2 Å². The van der Waals surface area contributed by atoms with Crippen LogP contribution < -0.4 is 10.7 Å². The van der Waals surface area contributed by atoms with Gasteiger partial charge in [0.05, 0.1) is 11.4 Å². The minimum Gasteiger partial charge on any atom is -0.465 e. The van der Waals surface area contributed by atoms with E-state index < -0.39 is 5.91 Å². The number of rotatable bonds is 5. The second-order valence-electron chi connectivity index (χ2n) is 8.82. The van der Waals surface area contributed by atoms with Gasteiger partial charge in [0.2, 0.25) is 0 Å². The molecule has 1 unspecified atom stereocenters. The van der Waals surface area contributed by atoms with E-state index >= 15 is 0 Å². The Balaban J connectivity index is 1.56. The lowest BCUT2D eigenvalue weighted by atomic mass is 9.97. The van der Waals surface area contributed by atoms with E-state index in [1.54, 1.807) is 6.07 Å². The summed E-state index contributed by atoms with van der Waals surface area (Å²) < 4.78 is 11.7. The zero-order valence-corrected chi connectivity index (χ0v) is 18.7. The van der Waals surface area contributed by atoms with Crippen LogP contribution in [0.5, 0.6) is 0 Å². The summed E-state index contributed by atoms with van der Waals surface area (Å²) in [7, 11) is 0. The lowest BCUT2D eigenvalue weighted by Crippen LogP contribution is -2.41. The van der Waals surface area contributed by atoms with Crippen molar-refractivity contribution >= 4 is 16.9 Å². The molecule has 1 amide bonds. The van der Waals surface area contributed by atoms with E-state index in [9.17, 15) is 9.59 Å². The van der Waals surface area contributed by atoms with Crippen molar-refractivity contribution in [1.29, 1.82) is 0 Å². The van der Waals surface area contributed by atoms with Gasteiger partial charge in [0.25, 0.3) is 5.91 Å². The highest BCUT2D eigenvalue weighted by atomic mass is 16.3. The molecule has 6 nitrogen and oxygen atoms in total. The maximum absolute atomic E-state index is 12.9. The van der Waals surface area contributed by atoms with Crippen molar-refractivity contribution in [3.63, 3.8) is 0 Å². The number of hydrogen-bond donors (Lipinski definition) is 1. The molecule has 1 atom stereocenters. The highest BCUT2D eigenvalue weighted by Gasteiger charge is 2.27. The third kappa shape index (κ3) is 4.59. The number of piperidine rings is 1. The maximum Gasteiger partial charge on any atom is 0.287 e. The van der Waals surface area contributed by atoms with Gasteiger partial charge < -0.3 is 14.2 Å². The molecule has 2 aromatic heterocycles. The fourth-order valence-electron chi connectivity index (χ4n) is 4.43. The predicted octanol–water partition coefficient (Wildman–Crippen LogP) is 4.51. The molecule has 31 heavy (non-hydrogen) atoms. The van der Waals surface area contributed by atoms with Crippen LogP contribution in [0, 0.1) is 26.7 Å². The number of carbonyl (C=O) groups excluding carboxylic acids is 1. The van der Waals surface area contributed by atoms with Gasteiger partial charge in [-0.15, -0.1) is 0 Å². The minimum atomic E-state index is -0.392. The number of likely N-dealkylation sites (tertiary alicyclic amines) is 1. The first-order valence-electron chi connectivity index (χ1n) is 11.0. The van der Waals surface area contributed by atoms with Gasteiger partial charge in [-0.25, -0.2) is 0 Å². The predicted molar refractivity (Wildman–Crippen MR) is 120 cm³/mol. The van der Waals surface area contributed by atoms with Crippen LogP contribution in [-0.4, -0.2) is 30.4 Å². The highest BCUT2D eigenvalue weighted by Crippen LogP contribution is 2.28. The Labute approximate surface area is 182 Å². The second-order valence-corrected chi connectivity index (χ2v) is 8.82. The first kappa shape index (κ1) is 21.4. The van der Waals surface area contributed by atoms with E-state index in [2.05, 4.69) is 17.1 Å². The summed E-state index contributed by atoms with van der Waals surface area (Å²) in [6, 6.07) is 8.89. The monoisotopic (exact) mass is 422 g/mol. The number of aryl methyl sites for hydroxylation is 3. The molecule has 3 heterocycles. The number of hydrogen-bond acceptors (Lipinski definition) is 5. The van der Waals surface area contributed by atoms with E-state index in [-0.39, 0.29) is 17.2 Å². The molecular weight excluding hydrogens is 392 g/mol. The van der Waals surface area contributed by atoms with Crippen LogP contribution in [-0.2, 0) is 0 Å². The lowest BCUT2D eigenvalue weighted by molar-refractivity contribution is 0.0870. The molecule has 6 heteroatoms. The third-order valence-electron chi connectivity index (χ3n) is 6.20. The van der Waals surface area contributed by atoms with Crippen LogP contribution in [0.2, 0.25) is 0 Å². The number of nitrogens with one attached hydrogen (secondary N) is 1. The molecule has 1 aliphatic heterocycles. The van der Waals surface area contributed by atoms with Gasteiger partial charge in [0, 0.05) is 12.6 Å². The third-order valence-corrected chi connectivity index (χ3v) is 6.20. The molecule has 0 bridgehead atoms. The van der Waals surface area contributed by atoms with Crippen LogP contribution >= 0.6 is 0 Å². The SMILES string of the molecule is Cc1cc(C)c2c(=O)cc(C(=O)NCC(c3ccc(C)o3)N3CCC(C)CC3)oc2c1. The van der Waals surface area contributed by atoms with Crippen LogP contribution in [0.25, 0.3) is 11.0 Å². The Morgan fingerprint density at radius 1 is 1.13 bits per heavy atom. The lowest BCUT2D eigenvalue weighted by Gasteiger charge is -2.35. The Morgan fingerprint density at radius 3 is 2.55 bits per heavy atom. The number of carbonyl (C=O) groups is 1. The fourth-order valence-corrected chi connectivity index (χ4v) is 4.43. The number of benzene rings is 1. The van der Waals surface area contributed by atoms with Crippen molar-refractivity contribution in [2.24, 2.45) is 5.92 Å². The first-order valence-corrected chi connectivity index (χ1v) is 11.0.